The lowest BCUT2D eigenvalue weighted by Gasteiger charge is -2.17. The van der Waals surface area contributed by atoms with E-state index in [1.165, 1.54) is 6.20 Å². The fourth-order valence-corrected chi connectivity index (χ4v) is 1.88. The molecule has 2 rings (SSSR count). The van der Waals surface area contributed by atoms with E-state index in [1.54, 1.807) is 24.5 Å². The van der Waals surface area contributed by atoms with Gasteiger partial charge in [0.2, 0.25) is 0 Å². The molecular formula is C14H17FN4O. The van der Waals surface area contributed by atoms with Crippen LogP contribution in [0.4, 0.5) is 4.39 Å². The van der Waals surface area contributed by atoms with E-state index in [2.05, 4.69) is 15.4 Å². The molecule has 2 heterocycles. The molecule has 0 saturated carbocycles. The highest BCUT2D eigenvalue weighted by Crippen LogP contribution is 2.25. The van der Waals surface area contributed by atoms with Gasteiger partial charge in [-0.05, 0) is 24.1 Å². The Bertz CT molecular complexity index is 564. The van der Waals surface area contributed by atoms with Gasteiger partial charge in [0.15, 0.2) is 0 Å². The zero-order valence-corrected chi connectivity index (χ0v) is 11.2. The molecule has 1 unspecified atom stereocenters. The Kier molecular flexibility index (Phi) is 4.97. The van der Waals surface area contributed by atoms with Crippen molar-refractivity contribution in [2.24, 2.45) is 5.84 Å². The standard InChI is InChI=1S/C14H17FN4O/c1-2-5-20-11-6-10(7-18-8-11)14(19-16)12-3-4-17-9-13(12)15/h3-4,6-9,14,19H,2,5,16H2,1H3. The Morgan fingerprint density at radius 2 is 2.20 bits per heavy atom. The highest BCUT2D eigenvalue weighted by molar-refractivity contribution is 5.33. The number of nitrogens with one attached hydrogen (secondary N) is 1. The lowest BCUT2D eigenvalue weighted by atomic mass is 10.0. The molecule has 0 aliphatic rings. The SMILES string of the molecule is CCCOc1cncc(C(NN)c2ccncc2F)c1. The Morgan fingerprint density at radius 1 is 1.35 bits per heavy atom. The van der Waals surface area contributed by atoms with E-state index in [9.17, 15) is 4.39 Å². The summed E-state index contributed by atoms with van der Waals surface area (Å²) in [6, 6.07) is 2.88. The van der Waals surface area contributed by atoms with Crippen molar-refractivity contribution >= 4 is 0 Å². The molecule has 5 nitrogen and oxygen atoms in total. The topological polar surface area (TPSA) is 73.1 Å². The number of hydrogen-bond acceptors (Lipinski definition) is 5. The molecule has 0 aromatic carbocycles. The van der Waals surface area contributed by atoms with Gasteiger partial charge in [0.1, 0.15) is 11.6 Å². The van der Waals surface area contributed by atoms with Gasteiger partial charge in [-0.3, -0.25) is 15.8 Å². The van der Waals surface area contributed by atoms with Gasteiger partial charge in [-0.2, -0.15) is 0 Å². The normalized spacial score (nSPS) is 12.2. The van der Waals surface area contributed by atoms with Gasteiger partial charge in [0.05, 0.1) is 25.0 Å². The predicted octanol–water partition coefficient (Wildman–Crippen LogP) is 1.96. The van der Waals surface area contributed by atoms with Gasteiger partial charge in [-0.25, -0.2) is 9.82 Å². The predicted molar refractivity (Wildman–Crippen MR) is 73.4 cm³/mol. The van der Waals surface area contributed by atoms with E-state index in [4.69, 9.17) is 10.6 Å². The van der Waals surface area contributed by atoms with Crippen molar-refractivity contribution in [1.29, 1.82) is 0 Å². The van der Waals surface area contributed by atoms with Crippen molar-refractivity contribution < 1.29 is 9.13 Å². The van der Waals surface area contributed by atoms with Crippen LogP contribution in [0.2, 0.25) is 0 Å². The molecule has 20 heavy (non-hydrogen) atoms. The number of halogens is 1. The van der Waals surface area contributed by atoms with E-state index in [0.29, 0.717) is 17.9 Å². The monoisotopic (exact) mass is 276 g/mol. The number of ether oxygens (including phenoxy) is 1. The summed E-state index contributed by atoms with van der Waals surface area (Å²) in [5, 5.41) is 0. The lowest BCUT2D eigenvalue weighted by Crippen LogP contribution is -2.29. The van der Waals surface area contributed by atoms with Crippen LogP contribution < -0.4 is 16.0 Å². The number of rotatable bonds is 6. The molecule has 0 spiro atoms. The van der Waals surface area contributed by atoms with Crippen molar-refractivity contribution in [2.75, 3.05) is 6.61 Å². The summed E-state index contributed by atoms with van der Waals surface area (Å²) in [6.07, 6.45) is 6.83. The van der Waals surface area contributed by atoms with E-state index in [1.807, 2.05) is 6.92 Å². The molecule has 0 aliphatic heterocycles. The molecule has 0 amide bonds. The van der Waals surface area contributed by atoms with Crippen LogP contribution >= 0.6 is 0 Å². The minimum atomic E-state index is -0.504. The molecule has 0 aliphatic carbocycles. The molecule has 2 aromatic rings. The van der Waals surface area contributed by atoms with Gasteiger partial charge in [-0.1, -0.05) is 6.92 Å². The molecule has 2 aromatic heterocycles. The molecule has 3 N–H and O–H groups in total. The first-order valence-corrected chi connectivity index (χ1v) is 6.39. The molecule has 0 saturated heterocycles. The van der Waals surface area contributed by atoms with Crippen LogP contribution in [0.5, 0.6) is 5.75 Å². The Morgan fingerprint density at radius 3 is 2.90 bits per heavy atom. The van der Waals surface area contributed by atoms with Crippen molar-refractivity contribution in [2.45, 2.75) is 19.4 Å². The third kappa shape index (κ3) is 3.28. The van der Waals surface area contributed by atoms with Gasteiger partial charge in [0.25, 0.3) is 0 Å². The van der Waals surface area contributed by atoms with Crippen LogP contribution in [0.15, 0.2) is 36.9 Å². The van der Waals surface area contributed by atoms with Gasteiger partial charge in [-0.15, -0.1) is 0 Å². The Labute approximate surface area is 117 Å². The second kappa shape index (κ2) is 6.93. The zero-order valence-electron chi connectivity index (χ0n) is 11.2. The summed E-state index contributed by atoms with van der Waals surface area (Å²) in [5.41, 5.74) is 3.74. The summed E-state index contributed by atoms with van der Waals surface area (Å²) in [5.74, 6) is 5.77. The highest BCUT2D eigenvalue weighted by atomic mass is 19.1. The molecular weight excluding hydrogens is 259 g/mol. The fourth-order valence-electron chi connectivity index (χ4n) is 1.88. The molecule has 0 radical (unpaired) electrons. The average molecular weight is 276 g/mol. The summed E-state index contributed by atoms with van der Waals surface area (Å²) < 4.78 is 19.3. The maximum Gasteiger partial charge on any atom is 0.146 e. The van der Waals surface area contributed by atoms with Crippen LogP contribution in [0.1, 0.15) is 30.5 Å². The van der Waals surface area contributed by atoms with Crippen molar-refractivity contribution in [3.05, 3.63) is 53.9 Å². The van der Waals surface area contributed by atoms with Gasteiger partial charge < -0.3 is 4.74 Å². The third-order valence-corrected chi connectivity index (χ3v) is 2.82. The first kappa shape index (κ1) is 14.4. The maximum absolute atomic E-state index is 13.8. The maximum atomic E-state index is 13.8. The van der Waals surface area contributed by atoms with Crippen LogP contribution in [0.25, 0.3) is 0 Å². The summed E-state index contributed by atoms with van der Waals surface area (Å²) in [6.45, 7) is 2.63. The highest BCUT2D eigenvalue weighted by Gasteiger charge is 2.17. The molecule has 0 fully saturated rings. The molecule has 0 bridgehead atoms. The van der Waals surface area contributed by atoms with E-state index >= 15 is 0 Å². The number of nitrogens with zero attached hydrogens (tertiary/aromatic N) is 2. The summed E-state index contributed by atoms with van der Waals surface area (Å²) in [4.78, 5) is 7.83. The molecule has 6 heteroatoms. The molecule has 1 atom stereocenters. The van der Waals surface area contributed by atoms with Crippen molar-refractivity contribution in [3.63, 3.8) is 0 Å². The Balaban J connectivity index is 2.30. The van der Waals surface area contributed by atoms with Crippen LogP contribution in [0, 0.1) is 5.82 Å². The zero-order chi connectivity index (χ0) is 14.4. The number of pyridine rings is 2. The second-order valence-corrected chi connectivity index (χ2v) is 4.30. The van der Waals surface area contributed by atoms with Gasteiger partial charge in [0, 0.05) is 18.0 Å². The van der Waals surface area contributed by atoms with Gasteiger partial charge >= 0.3 is 0 Å². The smallest absolute Gasteiger partial charge is 0.146 e. The summed E-state index contributed by atoms with van der Waals surface area (Å²) in [7, 11) is 0. The number of nitrogens with two attached hydrogens (primary N) is 1. The minimum absolute atomic E-state index is 0.414. The van der Waals surface area contributed by atoms with Crippen LogP contribution in [0.3, 0.4) is 0 Å². The largest absolute Gasteiger partial charge is 0.492 e. The first-order chi connectivity index (χ1) is 9.76. The van der Waals surface area contributed by atoms with E-state index < -0.39 is 11.9 Å². The van der Waals surface area contributed by atoms with E-state index in [0.717, 1.165) is 18.2 Å². The lowest BCUT2D eigenvalue weighted by molar-refractivity contribution is 0.315. The minimum Gasteiger partial charge on any atom is -0.492 e. The van der Waals surface area contributed by atoms with E-state index in [-0.39, 0.29) is 0 Å². The number of aromatic nitrogens is 2. The number of hydrazine groups is 1. The first-order valence-electron chi connectivity index (χ1n) is 6.39. The summed E-state index contributed by atoms with van der Waals surface area (Å²) >= 11 is 0. The van der Waals surface area contributed by atoms with Crippen molar-refractivity contribution in [3.8, 4) is 5.75 Å². The second-order valence-electron chi connectivity index (χ2n) is 4.30. The quantitative estimate of drug-likeness (QED) is 0.623. The van der Waals surface area contributed by atoms with Crippen LogP contribution in [-0.4, -0.2) is 16.6 Å². The molecule has 106 valence electrons. The fraction of sp³-hybridized carbons (Fsp3) is 0.286. The van der Waals surface area contributed by atoms with Crippen molar-refractivity contribution in [1.82, 2.24) is 15.4 Å². The average Bonchev–Trinajstić information content (AvgIpc) is 2.48. The third-order valence-electron chi connectivity index (χ3n) is 2.82. The number of hydrogen-bond donors (Lipinski definition) is 2. The van der Waals surface area contributed by atoms with Crippen LogP contribution in [-0.2, 0) is 0 Å². The Hall–Kier alpha value is -2.05.